The van der Waals surface area contributed by atoms with E-state index in [0.717, 1.165) is 22.0 Å². The molecule has 2 aliphatic heterocycles. The molecule has 37 heavy (non-hydrogen) atoms. The average molecular weight is 604 g/mol. The Hall–Kier alpha value is -2.81. The van der Waals surface area contributed by atoms with E-state index in [1.165, 1.54) is 11.6 Å². The first kappa shape index (κ1) is 25.8. The summed E-state index contributed by atoms with van der Waals surface area (Å²) in [6.45, 7) is 7.45. The van der Waals surface area contributed by atoms with Crippen LogP contribution in [-0.4, -0.2) is 57.8 Å². The summed E-state index contributed by atoms with van der Waals surface area (Å²) in [7, 11) is 0. The van der Waals surface area contributed by atoms with Crippen molar-refractivity contribution < 1.29 is 14.4 Å². The van der Waals surface area contributed by atoms with Crippen molar-refractivity contribution in [2.75, 3.05) is 19.6 Å². The Balaban J connectivity index is 1.39. The van der Waals surface area contributed by atoms with Crippen LogP contribution in [0.3, 0.4) is 0 Å². The van der Waals surface area contributed by atoms with Crippen molar-refractivity contribution in [2.24, 2.45) is 0 Å². The van der Waals surface area contributed by atoms with Crippen LogP contribution >= 0.6 is 39.1 Å². The summed E-state index contributed by atoms with van der Waals surface area (Å²) in [5.41, 5.74) is 4.51. The number of likely N-dealkylation sites (tertiary alicyclic amines) is 1. The Morgan fingerprint density at radius 3 is 2.65 bits per heavy atom. The van der Waals surface area contributed by atoms with Gasteiger partial charge in [0.1, 0.15) is 6.54 Å². The number of nitrogens with zero attached hydrogens (tertiary/aromatic N) is 3. The molecule has 3 aromatic rings. The average Bonchev–Trinajstić information content (AvgIpc) is 3.17. The Bertz CT molecular complexity index is 1460. The van der Waals surface area contributed by atoms with E-state index in [-0.39, 0.29) is 30.3 Å². The van der Waals surface area contributed by atoms with Gasteiger partial charge < -0.3 is 19.7 Å². The molecule has 192 valence electrons. The highest BCUT2D eigenvalue weighted by molar-refractivity contribution is 9.10. The van der Waals surface area contributed by atoms with Crippen LogP contribution in [0, 0.1) is 6.92 Å². The van der Waals surface area contributed by atoms with Crippen LogP contribution in [0.5, 0.6) is 0 Å². The third-order valence-corrected chi connectivity index (χ3v) is 8.09. The Kier molecular flexibility index (Phi) is 7.09. The van der Waals surface area contributed by atoms with Gasteiger partial charge in [-0.1, -0.05) is 51.8 Å². The maximum absolute atomic E-state index is 13.7. The van der Waals surface area contributed by atoms with E-state index in [1.54, 1.807) is 27.8 Å². The van der Waals surface area contributed by atoms with E-state index < -0.39 is 0 Å². The first-order valence-corrected chi connectivity index (χ1v) is 13.4. The fraction of sp³-hybridized carbons (Fsp3) is 0.296. The minimum Gasteiger partial charge on any atom is -0.348 e. The predicted molar refractivity (Wildman–Crippen MR) is 148 cm³/mol. The van der Waals surface area contributed by atoms with Crippen LogP contribution in [0.1, 0.15) is 27.0 Å². The van der Waals surface area contributed by atoms with Gasteiger partial charge in [0.25, 0.3) is 5.91 Å². The number of amides is 3. The lowest BCUT2D eigenvalue weighted by atomic mass is 9.97. The van der Waals surface area contributed by atoms with Crippen LogP contribution in [0.25, 0.3) is 10.9 Å². The van der Waals surface area contributed by atoms with Gasteiger partial charge in [-0.05, 0) is 54.3 Å². The van der Waals surface area contributed by atoms with Crippen molar-refractivity contribution in [3.63, 3.8) is 0 Å². The Labute approximate surface area is 233 Å². The molecule has 0 saturated carbocycles. The molecule has 0 spiro atoms. The van der Waals surface area contributed by atoms with Crippen LogP contribution in [0.4, 0.5) is 0 Å². The fourth-order valence-electron chi connectivity index (χ4n) is 5.10. The van der Waals surface area contributed by atoms with Crippen molar-refractivity contribution in [3.05, 3.63) is 79.9 Å². The molecule has 10 heteroatoms. The lowest BCUT2D eigenvalue weighted by molar-refractivity contribution is -0.133. The highest BCUT2D eigenvalue weighted by atomic mass is 79.9. The number of fused-ring (bicyclic) bond motifs is 2. The number of rotatable bonds is 5. The van der Waals surface area contributed by atoms with E-state index in [0.29, 0.717) is 52.7 Å². The van der Waals surface area contributed by atoms with Gasteiger partial charge in [-0.25, -0.2) is 0 Å². The van der Waals surface area contributed by atoms with Gasteiger partial charge >= 0.3 is 0 Å². The van der Waals surface area contributed by atoms with Crippen molar-refractivity contribution >= 4 is 67.8 Å². The third kappa shape index (κ3) is 5.02. The molecule has 3 heterocycles. The monoisotopic (exact) mass is 602 g/mol. The Morgan fingerprint density at radius 2 is 1.92 bits per heavy atom. The number of halogens is 3. The number of nitrogens with one attached hydrogen (secondary N) is 1. The number of hydrogen-bond donors (Lipinski definition) is 1. The molecule has 2 aromatic carbocycles. The van der Waals surface area contributed by atoms with Gasteiger partial charge in [0.05, 0.1) is 22.1 Å². The number of carbonyl (C=O) groups excluding carboxylic acids is 3. The number of hydrogen-bond acceptors (Lipinski definition) is 3. The summed E-state index contributed by atoms with van der Waals surface area (Å²) in [6.07, 6.45) is 3.69. The first-order valence-electron chi connectivity index (χ1n) is 11.9. The normalized spacial score (nSPS) is 15.4. The van der Waals surface area contributed by atoms with Gasteiger partial charge in [-0.2, -0.15) is 0 Å². The molecule has 0 bridgehead atoms. The maximum atomic E-state index is 13.7. The minimum atomic E-state index is -0.232. The van der Waals surface area contributed by atoms with E-state index in [4.69, 9.17) is 23.2 Å². The summed E-state index contributed by atoms with van der Waals surface area (Å²) >= 11 is 16.5. The minimum absolute atomic E-state index is 0.0218. The van der Waals surface area contributed by atoms with Crippen LogP contribution in [0.15, 0.2) is 47.6 Å². The standard InChI is InChI=1S/C27H25BrCl2N4O3/c1-3-25(36)33-11-18(12-33)31-24(35)14-34-13-21(20-8-17(29)9-23(30)26(20)34)27(37)32-5-4-19-16(10-32)6-15(2)7-22(19)28/h3,6-9,13,18H,1,4-5,10-12,14H2,2H3,(H,31,35). The van der Waals surface area contributed by atoms with Gasteiger partial charge in [0.15, 0.2) is 0 Å². The van der Waals surface area contributed by atoms with Crippen LogP contribution in [-0.2, 0) is 29.1 Å². The summed E-state index contributed by atoms with van der Waals surface area (Å²) in [6, 6.07) is 7.41. The van der Waals surface area contributed by atoms with Gasteiger partial charge in [0, 0.05) is 47.3 Å². The Morgan fingerprint density at radius 1 is 1.16 bits per heavy atom. The zero-order valence-electron chi connectivity index (χ0n) is 20.2. The second kappa shape index (κ2) is 10.2. The predicted octanol–water partition coefficient (Wildman–Crippen LogP) is 4.73. The molecule has 3 amide bonds. The number of benzene rings is 2. The zero-order valence-corrected chi connectivity index (χ0v) is 23.3. The molecule has 1 N–H and O–H groups in total. The van der Waals surface area contributed by atoms with Crippen molar-refractivity contribution in [2.45, 2.75) is 32.5 Å². The van der Waals surface area contributed by atoms with E-state index in [9.17, 15) is 14.4 Å². The third-order valence-electron chi connectivity index (χ3n) is 6.88. The molecule has 0 radical (unpaired) electrons. The quantitative estimate of drug-likeness (QED) is 0.429. The molecule has 1 fully saturated rings. The topological polar surface area (TPSA) is 74.6 Å². The van der Waals surface area contributed by atoms with E-state index in [2.05, 4.69) is 40.0 Å². The molecule has 0 atom stereocenters. The SMILES string of the molecule is C=CC(=O)N1CC(NC(=O)Cn2cc(C(=O)N3CCc4c(Br)cc(C)cc4C3)c3cc(Cl)cc(Cl)c32)C1. The second-order valence-electron chi connectivity index (χ2n) is 9.53. The summed E-state index contributed by atoms with van der Waals surface area (Å²) in [5, 5.41) is 4.33. The molecule has 7 nitrogen and oxygen atoms in total. The molecule has 1 saturated heterocycles. The highest BCUT2D eigenvalue weighted by Gasteiger charge is 2.31. The molecular weight excluding hydrogens is 579 g/mol. The van der Waals surface area contributed by atoms with Gasteiger partial charge in [-0.15, -0.1) is 0 Å². The van der Waals surface area contributed by atoms with Crippen molar-refractivity contribution in [3.8, 4) is 0 Å². The number of aromatic nitrogens is 1. The molecule has 0 unspecified atom stereocenters. The molecular formula is C27H25BrCl2N4O3. The van der Waals surface area contributed by atoms with Crippen molar-refractivity contribution in [1.29, 1.82) is 0 Å². The van der Waals surface area contributed by atoms with Gasteiger partial charge in [0.2, 0.25) is 11.8 Å². The largest absolute Gasteiger partial charge is 0.348 e. The lowest BCUT2D eigenvalue weighted by Crippen LogP contribution is -2.61. The maximum Gasteiger partial charge on any atom is 0.256 e. The van der Waals surface area contributed by atoms with Crippen LogP contribution in [0.2, 0.25) is 10.0 Å². The second-order valence-corrected chi connectivity index (χ2v) is 11.2. The lowest BCUT2D eigenvalue weighted by Gasteiger charge is -2.38. The van der Waals surface area contributed by atoms with Gasteiger partial charge in [-0.3, -0.25) is 14.4 Å². The molecule has 1 aromatic heterocycles. The summed E-state index contributed by atoms with van der Waals surface area (Å²) in [4.78, 5) is 41.7. The number of carbonyl (C=O) groups is 3. The van der Waals surface area contributed by atoms with Crippen molar-refractivity contribution in [1.82, 2.24) is 19.7 Å². The van der Waals surface area contributed by atoms with E-state index in [1.807, 2.05) is 11.8 Å². The summed E-state index contributed by atoms with van der Waals surface area (Å²) < 4.78 is 2.76. The number of aryl methyl sites for hydroxylation is 1. The fourth-order valence-corrected chi connectivity index (χ4v) is 6.51. The highest BCUT2D eigenvalue weighted by Crippen LogP contribution is 2.34. The van der Waals surface area contributed by atoms with E-state index >= 15 is 0 Å². The molecule has 0 aliphatic carbocycles. The van der Waals surface area contributed by atoms with Crippen LogP contribution < -0.4 is 5.32 Å². The zero-order chi connectivity index (χ0) is 26.4. The summed E-state index contributed by atoms with van der Waals surface area (Å²) in [5.74, 6) is -0.523. The molecule has 2 aliphatic rings. The molecule has 5 rings (SSSR count). The smallest absolute Gasteiger partial charge is 0.256 e. The first-order chi connectivity index (χ1) is 17.6.